The second-order valence-corrected chi connectivity index (χ2v) is 5.58. The maximum Gasteiger partial charge on any atom is 0.0459 e. The van der Waals surface area contributed by atoms with Crippen molar-refractivity contribution in [3.8, 4) is 0 Å². The summed E-state index contributed by atoms with van der Waals surface area (Å²) in [6.45, 7) is 0. The predicted octanol–water partition coefficient (Wildman–Crippen LogP) is 4.04. The summed E-state index contributed by atoms with van der Waals surface area (Å²) in [5, 5.41) is 1.46. The molecule has 0 bridgehead atoms. The molecule has 0 fully saturated rings. The summed E-state index contributed by atoms with van der Waals surface area (Å²) in [7, 11) is 0. The molecule has 0 radical (unpaired) electrons. The third kappa shape index (κ3) is 1.69. The molecule has 1 aromatic carbocycles. The van der Waals surface area contributed by atoms with Crippen LogP contribution in [-0.4, -0.2) is 4.98 Å². The number of benzene rings is 1. The van der Waals surface area contributed by atoms with Gasteiger partial charge in [-0.25, -0.2) is 0 Å². The average Bonchev–Trinajstić information content (AvgIpc) is 2.44. The zero-order valence-corrected chi connectivity index (χ0v) is 10.8. The van der Waals surface area contributed by atoms with Crippen molar-refractivity contribution in [3.63, 3.8) is 0 Å². The lowest BCUT2D eigenvalue weighted by Gasteiger charge is -1.98. The van der Waals surface area contributed by atoms with E-state index >= 15 is 0 Å². The Labute approximate surface area is 103 Å². The molecule has 2 aromatic rings. The highest BCUT2D eigenvalue weighted by molar-refractivity contribution is 14.1. The number of hydrogen-bond acceptors (Lipinski definition) is 0. The van der Waals surface area contributed by atoms with E-state index in [1.807, 2.05) is 0 Å². The summed E-state index contributed by atoms with van der Waals surface area (Å²) in [4.78, 5) is 3.58. The molecular formula is C13H14IN. The van der Waals surface area contributed by atoms with E-state index in [0.29, 0.717) is 0 Å². The van der Waals surface area contributed by atoms with Crippen LogP contribution in [0.5, 0.6) is 0 Å². The number of rotatable bonds is 0. The van der Waals surface area contributed by atoms with Gasteiger partial charge in [0, 0.05) is 20.2 Å². The van der Waals surface area contributed by atoms with Gasteiger partial charge in [0.2, 0.25) is 0 Å². The van der Waals surface area contributed by atoms with E-state index in [1.165, 1.54) is 52.3 Å². The summed E-state index contributed by atoms with van der Waals surface area (Å²) in [6, 6.07) is 6.71. The van der Waals surface area contributed by atoms with Gasteiger partial charge < -0.3 is 4.98 Å². The van der Waals surface area contributed by atoms with Crippen molar-refractivity contribution in [1.82, 2.24) is 4.98 Å². The van der Waals surface area contributed by atoms with Crippen LogP contribution in [0.4, 0.5) is 0 Å². The first kappa shape index (κ1) is 9.70. The minimum Gasteiger partial charge on any atom is -0.358 e. The summed E-state index contributed by atoms with van der Waals surface area (Å²) >= 11 is 2.40. The van der Waals surface area contributed by atoms with Gasteiger partial charge in [0.05, 0.1) is 0 Å². The van der Waals surface area contributed by atoms with E-state index in [1.54, 1.807) is 5.56 Å². The molecule has 0 amide bonds. The highest BCUT2D eigenvalue weighted by Gasteiger charge is 2.13. The topological polar surface area (TPSA) is 15.8 Å². The van der Waals surface area contributed by atoms with Crippen molar-refractivity contribution in [1.29, 1.82) is 0 Å². The lowest BCUT2D eigenvalue weighted by atomic mass is 10.1. The maximum absolute atomic E-state index is 3.58. The molecule has 0 unspecified atom stereocenters. The Bertz CT molecular complexity index is 498. The third-order valence-electron chi connectivity index (χ3n) is 3.31. The molecule has 3 rings (SSSR count). The van der Waals surface area contributed by atoms with Gasteiger partial charge in [-0.1, -0.05) is 6.42 Å². The first-order chi connectivity index (χ1) is 7.34. The fourth-order valence-electron chi connectivity index (χ4n) is 2.55. The Morgan fingerprint density at radius 1 is 1.07 bits per heavy atom. The number of hydrogen-bond donors (Lipinski definition) is 1. The number of nitrogens with one attached hydrogen (secondary N) is 1. The van der Waals surface area contributed by atoms with Gasteiger partial charge in [-0.05, 0) is 72.0 Å². The van der Waals surface area contributed by atoms with Gasteiger partial charge in [-0.15, -0.1) is 0 Å². The Hall–Kier alpha value is -0.510. The Balaban J connectivity index is 2.24. The second-order valence-electron chi connectivity index (χ2n) is 4.33. The van der Waals surface area contributed by atoms with Crippen molar-refractivity contribution < 1.29 is 0 Å². The average molecular weight is 311 g/mol. The van der Waals surface area contributed by atoms with Crippen molar-refractivity contribution >= 4 is 33.5 Å². The van der Waals surface area contributed by atoms with Crippen LogP contribution in [-0.2, 0) is 12.8 Å². The molecule has 0 spiro atoms. The highest BCUT2D eigenvalue weighted by atomic mass is 127. The Kier molecular flexibility index (Phi) is 2.47. The summed E-state index contributed by atoms with van der Waals surface area (Å²) in [5.41, 5.74) is 4.40. The monoisotopic (exact) mass is 311 g/mol. The zero-order chi connectivity index (χ0) is 10.3. The van der Waals surface area contributed by atoms with Gasteiger partial charge in [0.25, 0.3) is 0 Å². The van der Waals surface area contributed by atoms with E-state index in [2.05, 4.69) is 45.8 Å². The van der Waals surface area contributed by atoms with Crippen molar-refractivity contribution in [2.45, 2.75) is 32.1 Å². The normalized spacial score (nSPS) is 16.3. The lowest BCUT2D eigenvalue weighted by molar-refractivity contribution is 0.708. The second kappa shape index (κ2) is 3.81. The summed E-state index contributed by atoms with van der Waals surface area (Å²) in [5.74, 6) is 0. The van der Waals surface area contributed by atoms with Crippen LogP contribution in [0.3, 0.4) is 0 Å². The predicted molar refractivity (Wildman–Crippen MR) is 72.3 cm³/mol. The van der Waals surface area contributed by atoms with Gasteiger partial charge in [-0.3, -0.25) is 0 Å². The SMILES string of the molecule is Ic1ccc2[nH]c3c(c2c1)CCCCC3. The van der Waals surface area contributed by atoms with Crippen molar-refractivity contribution in [2.75, 3.05) is 0 Å². The van der Waals surface area contributed by atoms with Gasteiger partial charge >= 0.3 is 0 Å². The number of fused-ring (bicyclic) bond motifs is 3. The van der Waals surface area contributed by atoms with E-state index < -0.39 is 0 Å². The van der Waals surface area contributed by atoms with E-state index in [-0.39, 0.29) is 0 Å². The quantitative estimate of drug-likeness (QED) is 0.558. The van der Waals surface area contributed by atoms with Gasteiger partial charge in [0.15, 0.2) is 0 Å². The van der Waals surface area contributed by atoms with Gasteiger partial charge in [-0.2, -0.15) is 0 Å². The Morgan fingerprint density at radius 2 is 1.93 bits per heavy atom. The smallest absolute Gasteiger partial charge is 0.0459 e. The highest BCUT2D eigenvalue weighted by Crippen LogP contribution is 2.29. The molecule has 2 heteroatoms. The first-order valence-corrected chi connectivity index (χ1v) is 6.71. The number of halogens is 1. The molecule has 1 heterocycles. The minimum atomic E-state index is 1.24. The molecule has 15 heavy (non-hydrogen) atoms. The standard InChI is InChI=1S/C13H14IN/c14-9-6-7-13-11(8-9)10-4-2-1-3-5-12(10)15-13/h6-8,15H,1-5H2. The summed E-state index contributed by atoms with van der Waals surface area (Å²) < 4.78 is 1.34. The van der Waals surface area contributed by atoms with Crippen molar-refractivity contribution in [3.05, 3.63) is 33.0 Å². The molecule has 0 saturated carbocycles. The van der Waals surface area contributed by atoms with Gasteiger partial charge in [0.1, 0.15) is 0 Å². The summed E-state index contributed by atoms with van der Waals surface area (Å²) in [6.07, 6.45) is 6.58. The van der Waals surface area contributed by atoms with Crippen molar-refractivity contribution in [2.24, 2.45) is 0 Å². The first-order valence-electron chi connectivity index (χ1n) is 5.63. The van der Waals surface area contributed by atoms with Crippen LogP contribution in [0.1, 0.15) is 30.5 Å². The lowest BCUT2D eigenvalue weighted by Crippen LogP contribution is -1.86. The number of aryl methyl sites for hydroxylation is 2. The van der Waals surface area contributed by atoms with Crippen LogP contribution < -0.4 is 0 Å². The van der Waals surface area contributed by atoms with E-state index in [4.69, 9.17) is 0 Å². The van der Waals surface area contributed by atoms with Crippen LogP contribution >= 0.6 is 22.6 Å². The third-order valence-corrected chi connectivity index (χ3v) is 3.98. The maximum atomic E-state index is 3.58. The molecule has 1 aliphatic carbocycles. The van der Waals surface area contributed by atoms with Crippen LogP contribution in [0, 0.1) is 3.57 Å². The fourth-order valence-corrected chi connectivity index (χ4v) is 3.05. The van der Waals surface area contributed by atoms with E-state index in [9.17, 15) is 0 Å². The molecule has 1 aliphatic rings. The molecule has 0 saturated heterocycles. The number of aromatic nitrogens is 1. The fraction of sp³-hybridized carbons (Fsp3) is 0.385. The molecule has 0 atom stereocenters. The van der Waals surface area contributed by atoms with Crippen LogP contribution in [0.25, 0.3) is 10.9 Å². The van der Waals surface area contributed by atoms with Crippen LogP contribution in [0.2, 0.25) is 0 Å². The molecular weight excluding hydrogens is 297 g/mol. The molecule has 1 aromatic heterocycles. The molecule has 1 N–H and O–H groups in total. The molecule has 0 aliphatic heterocycles. The molecule has 78 valence electrons. The minimum absolute atomic E-state index is 1.24. The van der Waals surface area contributed by atoms with E-state index in [0.717, 1.165) is 0 Å². The zero-order valence-electron chi connectivity index (χ0n) is 8.65. The van der Waals surface area contributed by atoms with Crippen LogP contribution in [0.15, 0.2) is 18.2 Å². The molecule has 1 nitrogen and oxygen atoms in total. The number of aromatic amines is 1. The number of H-pyrrole nitrogens is 1. The Morgan fingerprint density at radius 3 is 2.87 bits per heavy atom. The largest absolute Gasteiger partial charge is 0.358 e.